The second-order valence-electron chi connectivity index (χ2n) is 6.63. The number of carbonyl (C=O) groups excluding carboxylic acids is 2. The average molecular weight is 408 g/mol. The van der Waals surface area contributed by atoms with E-state index in [1.807, 2.05) is 31.2 Å². The van der Waals surface area contributed by atoms with Gasteiger partial charge in [-0.25, -0.2) is 0 Å². The zero-order chi connectivity index (χ0) is 21.3. The van der Waals surface area contributed by atoms with Crippen molar-refractivity contribution in [3.8, 4) is 17.1 Å². The van der Waals surface area contributed by atoms with Crippen LogP contribution in [0.5, 0.6) is 5.75 Å². The highest BCUT2D eigenvalue weighted by Gasteiger charge is 2.12. The zero-order valence-corrected chi connectivity index (χ0v) is 17.0. The molecule has 0 atom stereocenters. The molecule has 0 bridgehead atoms. The molecular weight excluding hydrogens is 384 g/mol. The molecule has 1 aromatic heterocycles. The fourth-order valence-corrected chi connectivity index (χ4v) is 2.74. The van der Waals surface area contributed by atoms with Crippen LogP contribution in [0.3, 0.4) is 0 Å². The van der Waals surface area contributed by atoms with Crippen molar-refractivity contribution < 1.29 is 18.8 Å². The number of aromatic nitrogens is 2. The summed E-state index contributed by atoms with van der Waals surface area (Å²) in [4.78, 5) is 28.6. The molecule has 8 nitrogen and oxygen atoms in total. The van der Waals surface area contributed by atoms with Gasteiger partial charge < -0.3 is 19.9 Å². The molecule has 0 fully saturated rings. The van der Waals surface area contributed by atoms with E-state index in [0.717, 1.165) is 17.7 Å². The summed E-state index contributed by atoms with van der Waals surface area (Å²) in [6, 6.07) is 14.1. The summed E-state index contributed by atoms with van der Waals surface area (Å²) in [5.74, 6) is 1.21. The van der Waals surface area contributed by atoms with Gasteiger partial charge >= 0.3 is 0 Å². The molecule has 0 unspecified atom stereocenters. The van der Waals surface area contributed by atoms with E-state index < -0.39 is 0 Å². The molecule has 0 saturated carbocycles. The molecule has 2 N–H and O–H groups in total. The number of rotatable bonds is 9. The van der Waals surface area contributed by atoms with Crippen LogP contribution >= 0.6 is 0 Å². The van der Waals surface area contributed by atoms with E-state index in [2.05, 4.69) is 20.8 Å². The number of amides is 2. The third-order valence-corrected chi connectivity index (χ3v) is 4.33. The van der Waals surface area contributed by atoms with Crippen LogP contribution in [-0.2, 0) is 11.2 Å². The Kier molecular flexibility index (Phi) is 7.15. The molecule has 30 heavy (non-hydrogen) atoms. The number of carbonyl (C=O) groups is 2. The van der Waals surface area contributed by atoms with Crippen molar-refractivity contribution in [2.24, 2.45) is 0 Å². The Bertz CT molecular complexity index is 998. The number of anilines is 1. The van der Waals surface area contributed by atoms with Crippen LogP contribution in [0.25, 0.3) is 11.4 Å². The van der Waals surface area contributed by atoms with Crippen LogP contribution < -0.4 is 15.4 Å². The van der Waals surface area contributed by atoms with Crippen molar-refractivity contribution in [1.29, 1.82) is 0 Å². The zero-order valence-electron chi connectivity index (χ0n) is 17.0. The Morgan fingerprint density at radius 3 is 2.67 bits per heavy atom. The van der Waals surface area contributed by atoms with Crippen molar-refractivity contribution in [3.05, 3.63) is 60.0 Å². The molecule has 0 spiro atoms. The quantitative estimate of drug-likeness (QED) is 0.562. The lowest BCUT2D eigenvalue weighted by molar-refractivity contribution is -0.116. The van der Waals surface area contributed by atoms with Gasteiger partial charge in [0.05, 0.1) is 7.11 Å². The summed E-state index contributed by atoms with van der Waals surface area (Å²) in [6.45, 7) is 2.60. The molecular formula is C22H24N4O4. The van der Waals surface area contributed by atoms with Gasteiger partial charge in [0.25, 0.3) is 5.91 Å². The normalized spacial score (nSPS) is 10.5. The van der Waals surface area contributed by atoms with E-state index in [9.17, 15) is 9.59 Å². The highest BCUT2D eigenvalue weighted by atomic mass is 16.5. The standard InChI is InChI=1S/C22H24N4O4/c1-3-13-23-22(28)16-5-4-6-17(14-16)24-19(27)11-12-20-25-21(26-30-20)15-7-9-18(29-2)10-8-15/h4-10,14H,3,11-13H2,1-2H3,(H,23,28)(H,24,27). The summed E-state index contributed by atoms with van der Waals surface area (Å²) in [5.41, 5.74) is 1.87. The van der Waals surface area contributed by atoms with Gasteiger partial charge in [-0.05, 0) is 48.9 Å². The maximum Gasteiger partial charge on any atom is 0.251 e. The van der Waals surface area contributed by atoms with Crippen molar-refractivity contribution >= 4 is 17.5 Å². The number of ether oxygens (including phenoxy) is 1. The molecule has 3 aromatic rings. The fourth-order valence-electron chi connectivity index (χ4n) is 2.74. The van der Waals surface area contributed by atoms with Gasteiger partial charge in [0.2, 0.25) is 17.6 Å². The predicted molar refractivity (Wildman–Crippen MR) is 112 cm³/mol. The third kappa shape index (κ3) is 5.66. The summed E-state index contributed by atoms with van der Waals surface area (Å²) >= 11 is 0. The van der Waals surface area contributed by atoms with Gasteiger partial charge in [0.15, 0.2) is 0 Å². The monoisotopic (exact) mass is 408 g/mol. The first-order chi connectivity index (χ1) is 14.6. The van der Waals surface area contributed by atoms with E-state index in [1.54, 1.807) is 31.4 Å². The first kappa shape index (κ1) is 21.0. The van der Waals surface area contributed by atoms with Gasteiger partial charge in [-0.1, -0.05) is 18.1 Å². The van der Waals surface area contributed by atoms with E-state index in [4.69, 9.17) is 9.26 Å². The fraction of sp³-hybridized carbons (Fsp3) is 0.273. The van der Waals surface area contributed by atoms with E-state index in [1.165, 1.54) is 0 Å². The average Bonchev–Trinajstić information content (AvgIpc) is 3.25. The number of benzene rings is 2. The summed E-state index contributed by atoms with van der Waals surface area (Å²) < 4.78 is 10.4. The lowest BCUT2D eigenvalue weighted by Crippen LogP contribution is -2.24. The van der Waals surface area contributed by atoms with E-state index in [-0.39, 0.29) is 18.2 Å². The lowest BCUT2D eigenvalue weighted by atomic mass is 10.1. The number of hydrogen-bond donors (Lipinski definition) is 2. The van der Waals surface area contributed by atoms with Gasteiger partial charge in [-0.15, -0.1) is 0 Å². The Balaban J connectivity index is 1.54. The maximum absolute atomic E-state index is 12.3. The number of nitrogens with one attached hydrogen (secondary N) is 2. The van der Waals surface area contributed by atoms with Gasteiger partial charge in [-0.3, -0.25) is 9.59 Å². The Labute approximate surface area is 174 Å². The highest BCUT2D eigenvalue weighted by molar-refractivity contribution is 5.97. The minimum atomic E-state index is -0.203. The summed E-state index contributed by atoms with van der Waals surface area (Å²) in [7, 11) is 1.60. The Morgan fingerprint density at radius 1 is 1.13 bits per heavy atom. The second-order valence-corrected chi connectivity index (χ2v) is 6.63. The lowest BCUT2D eigenvalue weighted by Gasteiger charge is -2.07. The molecule has 1 heterocycles. The molecule has 0 aliphatic rings. The van der Waals surface area contributed by atoms with E-state index in [0.29, 0.717) is 35.9 Å². The number of hydrogen-bond acceptors (Lipinski definition) is 6. The first-order valence-electron chi connectivity index (χ1n) is 9.74. The summed E-state index contributed by atoms with van der Waals surface area (Å²) in [6.07, 6.45) is 1.35. The van der Waals surface area contributed by atoms with Gasteiger partial charge in [-0.2, -0.15) is 4.98 Å². The van der Waals surface area contributed by atoms with Gasteiger partial charge in [0, 0.05) is 36.2 Å². The van der Waals surface area contributed by atoms with Crippen LogP contribution in [0.2, 0.25) is 0 Å². The number of methoxy groups -OCH3 is 1. The smallest absolute Gasteiger partial charge is 0.251 e. The number of nitrogens with zero attached hydrogens (tertiary/aromatic N) is 2. The molecule has 2 amide bonds. The minimum absolute atomic E-state index is 0.162. The summed E-state index contributed by atoms with van der Waals surface area (Å²) in [5, 5.41) is 9.56. The second kappa shape index (κ2) is 10.2. The molecule has 0 saturated heterocycles. The predicted octanol–water partition coefficient (Wildman–Crippen LogP) is 3.46. The maximum atomic E-state index is 12.3. The van der Waals surface area contributed by atoms with Crippen LogP contribution in [0.15, 0.2) is 53.1 Å². The number of aryl methyl sites for hydroxylation is 1. The Hall–Kier alpha value is -3.68. The van der Waals surface area contributed by atoms with Crippen LogP contribution in [0.1, 0.15) is 36.0 Å². The minimum Gasteiger partial charge on any atom is -0.497 e. The van der Waals surface area contributed by atoms with Crippen LogP contribution in [-0.4, -0.2) is 35.6 Å². The molecule has 2 aromatic carbocycles. The molecule has 156 valence electrons. The van der Waals surface area contributed by atoms with Crippen LogP contribution in [0.4, 0.5) is 5.69 Å². The van der Waals surface area contributed by atoms with E-state index >= 15 is 0 Å². The first-order valence-corrected chi connectivity index (χ1v) is 9.74. The van der Waals surface area contributed by atoms with Gasteiger partial charge in [0.1, 0.15) is 5.75 Å². The molecule has 0 radical (unpaired) electrons. The Morgan fingerprint density at radius 2 is 1.93 bits per heavy atom. The van der Waals surface area contributed by atoms with Crippen molar-refractivity contribution in [2.75, 3.05) is 19.0 Å². The topological polar surface area (TPSA) is 106 Å². The van der Waals surface area contributed by atoms with Crippen molar-refractivity contribution in [1.82, 2.24) is 15.5 Å². The van der Waals surface area contributed by atoms with Crippen molar-refractivity contribution in [3.63, 3.8) is 0 Å². The highest BCUT2D eigenvalue weighted by Crippen LogP contribution is 2.20. The molecule has 0 aliphatic heterocycles. The largest absolute Gasteiger partial charge is 0.497 e. The SMILES string of the molecule is CCCNC(=O)c1cccc(NC(=O)CCc2nc(-c3ccc(OC)cc3)no2)c1. The molecule has 8 heteroatoms. The third-order valence-electron chi connectivity index (χ3n) is 4.33. The van der Waals surface area contributed by atoms with Crippen molar-refractivity contribution in [2.45, 2.75) is 26.2 Å². The van der Waals surface area contributed by atoms with Crippen LogP contribution in [0, 0.1) is 0 Å². The molecule has 0 aliphatic carbocycles. The molecule has 3 rings (SSSR count).